The minimum absolute atomic E-state index is 0.174. The van der Waals surface area contributed by atoms with Crippen LogP contribution in [0.4, 0.5) is 13.2 Å². The predicted molar refractivity (Wildman–Crippen MR) is 92.6 cm³/mol. The Bertz CT molecular complexity index is 832. The zero-order valence-corrected chi connectivity index (χ0v) is 13.5. The molecule has 4 heteroatoms. The summed E-state index contributed by atoms with van der Waals surface area (Å²) in [6.45, 7) is 0.174. The molecule has 0 unspecified atom stereocenters. The van der Waals surface area contributed by atoms with E-state index in [1.807, 2.05) is 36.4 Å². The Balaban J connectivity index is 1.82. The average molecular weight is 342 g/mol. The highest BCUT2D eigenvalue weighted by molar-refractivity contribution is 5.70. The topological polar surface area (TPSA) is 20.2 Å². The molecular formula is C21H17F3O. The van der Waals surface area contributed by atoms with Gasteiger partial charge < -0.3 is 5.11 Å². The van der Waals surface area contributed by atoms with E-state index in [0.29, 0.717) is 11.1 Å². The second-order valence-corrected chi connectivity index (χ2v) is 5.86. The second kappa shape index (κ2) is 7.53. The summed E-state index contributed by atoms with van der Waals surface area (Å²) in [4.78, 5) is 0. The molecule has 0 bridgehead atoms. The molecule has 1 N–H and O–H groups in total. The summed E-state index contributed by atoms with van der Waals surface area (Å²) in [5.41, 5.74) is 4.06. The van der Waals surface area contributed by atoms with Crippen LogP contribution in [0.1, 0.15) is 12.0 Å². The summed E-state index contributed by atoms with van der Waals surface area (Å²) in [7, 11) is 0. The maximum atomic E-state index is 13.4. The summed E-state index contributed by atoms with van der Waals surface area (Å²) in [5.74, 6) is -3.85. The van der Waals surface area contributed by atoms with E-state index in [4.69, 9.17) is 5.11 Å². The van der Waals surface area contributed by atoms with E-state index in [-0.39, 0.29) is 6.61 Å². The number of hydrogen-bond acceptors (Lipinski definition) is 1. The van der Waals surface area contributed by atoms with Gasteiger partial charge in [0.05, 0.1) is 0 Å². The van der Waals surface area contributed by atoms with Crippen molar-refractivity contribution in [1.29, 1.82) is 0 Å². The smallest absolute Gasteiger partial charge is 0.194 e. The van der Waals surface area contributed by atoms with Gasteiger partial charge in [0, 0.05) is 6.61 Å². The van der Waals surface area contributed by atoms with Crippen LogP contribution in [-0.2, 0) is 6.42 Å². The van der Waals surface area contributed by atoms with Crippen LogP contribution in [0, 0.1) is 17.5 Å². The standard InChI is InChI=1S/C21H17F3O/c22-19-12-18(13-20(23)21(19)24)17-9-7-16(8-10-17)15-5-3-14(4-6-15)2-1-11-25/h3-10,12-13,25H,1-2,11H2. The number of aliphatic hydroxyl groups is 1. The third-order valence-electron chi connectivity index (χ3n) is 4.11. The number of aryl methyl sites for hydroxylation is 1. The van der Waals surface area contributed by atoms with Gasteiger partial charge in [0.2, 0.25) is 0 Å². The van der Waals surface area contributed by atoms with Crippen LogP contribution in [0.2, 0.25) is 0 Å². The summed E-state index contributed by atoms with van der Waals surface area (Å²) in [6.07, 6.45) is 1.57. The third kappa shape index (κ3) is 3.91. The van der Waals surface area contributed by atoms with Gasteiger partial charge in [0.1, 0.15) is 0 Å². The Morgan fingerprint density at radius 1 is 0.640 bits per heavy atom. The molecule has 25 heavy (non-hydrogen) atoms. The van der Waals surface area contributed by atoms with Crippen molar-refractivity contribution in [2.45, 2.75) is 12.8 Å². The molecule has 1 nitrogen and oxygen atoms in total. The number of benzene rings is 3. The van der Waals surface area contributed by atoms with E-state index in [2.05, 4.69) is 0 Å². The van der Waals surface area contributed by atoms with Crippen molar-refractivity contribution in [3.63, 3.8) is 0 Å². The molecule has 0 aliphatic rings. The lowest BCUT2D eigenvalue weighted by Gasteiger charge is -2.07. The Morgan fingerprint density at radius 2 is 1.08 bits per heavy atom. The van der Waals surface area contributed by atoms with Crippen LogP contribution < -0.4 is 0 Å². The molecule has 0 aromatic heterocycles. The molecule has 0 radical (unpaired) electrons. The average Bonchev–Trinajstić information content (AvgIpc) is 2.64. The van der Waals surface area contributed by atoms with Crippen molar-refractivity contribution in [3.05, 3.63) is 83.7 Å². The number of hydrogen-bond donors (Lipinski definition) is 1. The van der Waals surface area contributed by atoms with Crippen LogP contribution in [0.5, 0.6) is 0 Å². The van der Waals surface area contributed by atoms with Gasteiger partial charge in [-0.15, -0.1) is 0 Å². The zero-order chi connectivity index (χ0) is 17.8. The van der Waals surface area contributed by atoms with Crippen LogP contribution in [0.25, 0.3) is 22.3 Å². The highest BCUT2D eigenvalue weighted by Crippen LogP contribution is 2.27. The first-order chi connectivity index (χ1) is 12.1. The molecular weight excluding hydrogens is 325 g/mol. The highest BCUT2D eigenvalue weighted by atomic mass is 19.2. The number of rotatable bonds is 5. The van der Waals surface area contributed by atoms with Crippen LogP contribution in [-0.4, -0.2) is 11.7 Å². The molecule has 3 rings (SSSR count). The second-order valence-electron chi connectivity index (χ2n) is 5.86. The van der Waals surface area contributed by atoms with Crippen LogP contribution >= 0.6 is 0 Å². The predicted octanol–water partition coefficient (Wildman–Crippen LogP) is 5.36. The van der Waals surface area contributed by atoms with Gasteiger partial charge in [-0.1, -0.05) is 48.5 Å². The van der Waals surface area contributed by atoms with E-state index >= 15 is 0 Å². The largest absolute Gasteiger partial charge is 0.396 e. The summed E-state index contributed by atoms with van der Waals surface area (Å²) >= 11 is 0. The van der Waals surface area contributed by atoms with Crippen molar-refractivity contribution >= 4 is 0 Å². The molecule has 128 valence electrons. The molecule has 3 aromatic carbocycles. The zero-order valence-electron chi connectivity index (χ0n) is 13.5. The molecule has 0 atom stereocenters. The Labute approximate surface area is 144 Å². The van der Waals surface area contributed by atoms with Crippen molar-refractivity contribution in [1.82, 2.24) is 0 Å². The van der Waals surface area contributed by atoms with Gasteiger partial charge in [-0.2, -0.15) is 0 Å². The molecule has 0 spiro atoms. The van der Waals surface area contributed by atoms with Crippen molar-refractivity contribution in [3.8, 4) is 22.3 Å². The maximum absolute atomic E-state index is 13.4. The Morgan fingerprint density at radius 3 is 1.56 bits per heavy atom. The van der Waals surface area contributed by atoms with Crippen LogP contribution in [0.15, 0.2) is 60.7 Å². The maximum Gasteiger partial charge on any atom is 0.194 e. The highest BCUT2D eigenvalue weighted by Gasteiger charge is 2.11. The summed E-state index contributed by atoms with van der Waals surface area (Å²) in [5, 5.41) is 8.86. The van der Waals surface area contributed by atoms with E-state index in [0.717, 1.165) is 41.7 Å². The van der Waals surface area contributed by atoms with Gasteiger partial charge in [0.25, 0.3) is 0 Å². The molecule has 3 aromatic rings. The van der Waals surface area contributed by atoms with Gasteiger partial charge >= 0.3 is 0 Å². The third-order valence-corrected chi connectivity index (χ3v) is 4.11. The lowest BCUT2D eigenvalue weighted by Crippen LogP contribution is -1.92. The molecule has 0 saturated heterocycles. The summed E-state index contributed by atoms with van der Waals surface area (Å²) < 4.78 is 39.8. The minimum Gasteiger partial charge on any atom is -0.396 e. The van der Waals surface area contributed by atoms with Gasteiger partial charge in [0.15, 0.2) is 17.5 Å². The SMILES string of the molecule is OCCCc1ccc(-c2ccc(-c3cc(F)c(F)c(F)c3)cc2)cc1. The fourth-order valence-electron chi connectivity index (χ4n) is 2.72. The quantitative estimate of drug-likeness (QED) is 0.619. The lowest BCUT2D eigenvalue weighted by molar-refractivity contribution is 0.288. The van der Waals surface area contributed by atoms with E-state index in [9.17, 15) is 13.2 Å². The first-order valence-electron chi connectivity index (χ1n) is 8.03. The molecule has 0 amide bonds. The Kier molecular flexibility index (Phi) is 5.19. The van der Waals surface area contributed by atoms with E-state index in [1.54, 1.807) is 12.1 Å². The number of aliphatic hydroxyl groups excluding tert-OH is 1. The number of halogens is 3. The van der Waals surface area contributed by atoms with Crippen molar-refractivity contribution in [2.75, 3.05) is 6.61 Å². The van der Waals surface area contributed by atoms with Gasteiger partial charge in [-0.3, -0.25) is 0 Å². The fraction of sp³-hybridized carbons (Fsp3) is 0.143. The molecule has 0 aliphatic carbocycles. The molecule has 0 fully saturated rings. The first kappa shape index (κ1) is 17.2. The lowest BCUT2D eigenvalue weighted by atomic mass is 9.99. The fourth-order valence-corrected chi connectivity index (χ4v) is 2.72. The monoisotopic (exact) mass is 342 g/mol. The van der Waals surface area contributed by atoms with Gasteiger partial charge in [-0.25, -0.2) is 13.2 Å². The molecule has 0 aliphatic heterocycles. The van der Waals surface area contributed by atoms with E-state index < -0.39 is 17.5 Å². The Hall–Kier alpha value is -2.59. The molecule has 0 heterocycles. The van der Waals surface area contributed by atoms with Crippen molar-refractivity contribution < 1.29 is 18.3 Å². The minimum atomic E-state index is -1.46. The van der Waals surface area contributed by atoms with Crippen LogP contribution in [0.3, 0.4) is 0 Å². The van der Waals surface area contributed by atoms with E-state index in [1.165, 1.54) is 0 Å². The summed E-state index contributed by atoms with van der Waals surface area (Å²) in [6, 6.07) is 17.2. The normalized spacial score (nSPS) is 10.9. The van der Waals surface area contributed by atoms with Gasteiger partial charge in [-0.05, 0) is 52.8 Å². The molecule has 0 saturated carbocycles. The first-order valence-corrected chi connectivity index (χ1v) is 8.03. The van der Waals surface area contributed by atoms with Crippen molar-refractivity contribution in [2.24, 2.45) is 0 Å².